The van der Waals surface area contributed by atoms with Crippen LogP contribution in [-0.4, -0.2) is 35.5 Å². The Balaban J connectivity index is 2.14. The van der Waals surface area contributed by atoms with Crippen molar-refractivity contribution in [2.24, 2.45) is 0 Å². The molecule has 5 nitrogen and oxygen atoms in total. The van der Waals surface area contributed by atoms with Crippen molar-refractivity contribution in [3.63, 3.8) is 0 Å². The standard InChI is InChI=1S/C16H19NO4/c1-10-6-13-12(9-21-14(13)7-11(10)2)8-15(18)17(3)5-4-16(19)20/h6-7,9H,4-5,8H2,1-3H3,(H,19,20). The molecule has 1 aromatic carbocycles. The van der Waals surface area contributed by atoms with Gasteiger partial charge in [-0.15, -0.1) is 0 Å². The van der Waals surface area contributed by atoms with Crippen molar-refractivity contribution in [3.05, 3.63) is 35.1 Å². The van der Waals surface area contributed by atoms with Crippen LogP contribution in [0, 0.1) is 13.8 Å². The number of amides is 1. The number of fused-ring (bicyclic) bond motifs is 1. The molecule has 1 heterocycles. The number of aliphatic carboxylic acids is 1. The first-order valence-electron chi connectivity index (χ1n) is 6.81. The quantitative estimate of drug-likeness (QED) is 0.918. The zero-order chi connectivity index (χ0) is 15.6. The molecule has 0 spiro atoms. The van der Waals surface area contributed by atoms with Gasteiger partial charge in [-0.25, -0.2) is 0 Å². The van der Waals surface area contributed by atoms with Crippen LogP contribution in [0.2, 0.25) is 0 Å². The Kier molecular flexibility index (Phi) is 4.31. The molecular formula is C16H19NO4. The first-order valence-corrected chi connectivity index (χ1v) is 6.81. The number of benzene rings is 1. The number of furan rings is 1. The molecule has 2 rings (SSSR count). The van der Waals surface area contributed by atoms with Crippen molar-refractivity contribution < 1.29 is 19.1 Å². The summed E-state index contributed by atoms with van der Waals surface area (Å²) in [7, 11) is 1.61. The third-order valence-corrected chi connectivity index (χ3v) is 3.70. The summed E-state index contributed by atoms with van der Waals surface area (Å²) < 4.78 is 5.50. The molecule has 21 heavy (non-hydrogen) atoms. The maximum atomic E-state index is 12.1. The molecule has 1 amide bonds. The summed E-state index contributed by atoms with van der Waals surface area (Å²) in [6.45, 7) is 4.25. The Morgan fingerprint density at radius 2 is 1.90 bits per heavy atom. The third-order valence-electron chi connectivity index (χ3n) is 3.70. The van der Waals surface area contributed by atoms with Gasteiger partial charge in [-0.1, -0.05) is 0 Å². The van der Waals surface area contributed by atoms with Crippen molar-refractivity contribution >= 4 is 22.8 Å². The van der Waals surface area contributed by atoms with Crippen molar-refractivity contribution in [2.45, 2.75) is 26.7 Å². The van der Waals surface area contributed by atoms with Crippen LogP contribution in [0.5, 0.6) is 0 Å². The number of carboxylic acids is 1. The number of carbonyl (C=O) groups is 2. The molecule has 0 aliphatic carbocycles. The SMILES string of the molecule is Cc1cc2occ(CC(=O)N(C)CCC(=O)O)c2cc1C. The summed E-state index contributed by atoms with van der Waals surface area (Å²) in [5.74, 6) is -1.02. The van der Waals surface area contributed by atoms with Crippen LogP contribution < -0.4 is 0 Å². The van der Waals surface area contributed by atoms with Gasteiger partial charge in [0.2, 0.25) is 5.91 Å². The lowest BCUT2D eigenvalue weighted by atomic mass is 10.0. The van der Waals surface area contributed by atoms with E-state index in [2.05, 4.69) is 0 Å². The molecule has 0 radical (unpaired) electrons. The molecule has 1 N–H and O–H groups in total. The van der Waals surface area contributed by atoms with Crippen LogP contribution in [-0.2, 0) is 16.0 Å². The van der Waals surface area contributed by atoms with Gasteiger partial charge in [-0.3, -0.25) is 9.59 Å². The number of hydrogen-bond donors (Lipinski definition) is 1. The molecule has 112 valence electrons. The first kappa shape index (κ1) is 15.1. The minimum absolute atomic E-state index is 0.0489. The fraction of sp³-hybridized carbons (Fsp3) is 0.375. The topological polar surface area (TPSA) is 70.8 Å². The molecule has 0 bridgehead atoms. The predicted molar refractivity (Wildman–Crippen MR) is 79.3 cm³/mol. The van der Waals surface area contributed by atoms with Gasteiger partial charge in [0.05, 0.1) is 19.1 Å². The van der Waals surface area contributed by atoms with Crippen molar-refractivity contribution in [3.8, 4) is 0 Å². The van der Waals surface area contributed by atoms with Crippen LogP contribution in [0.3, 0.4) is 0 Å². The van der Waals surface area contributed by atoms with Gasteiger partial charge in [-0.2, -0.15) is 0 Å². The molecule has 5 heteroatoms. The fourth-order valence-electron chi connectivity index (χ4n) is 2.16. The van der Waals surface area contributed by atoms with Crippen molar-refractivity contribution in [1.82, 2.24) is 4.90 Å². The largest absolute Gasteiger partial charge is 0.481 e. The average molecular weight is 289 g/mol. The summed E-state index contributed by atoms with van der Waals surface area (Å²) in [5, 5.41) is 9.59. The van der Waals surface area contributed by atoms with Gasteiger partial charge in [-0.05, 0) is 37.1 Å². The lowest BCUT2D eigenvalue weighted by Crippen LogP contribution is -2.30. The molecule has 0 aliphatic rings. The molecule has 2 aromatic rings. The number of carboxylic acid groups (broad SMARTS) is 1. The summed E-state index contributed by atoms with van der Waals surface area (Å²) >= 11 is 0. The van der Waals surface area contributed by atoms with E-state index in [9.17, 15) is 9.59 Å². The van der Waals surface area contributed by atoms with E-state index in [1.807, 2.05) is 26.0 Å². The maximum Gasteiger partial charge on any atom is 0.305 e. The number of rotatable bonds is 5. The molecule has 0 aliphatic heterocycles. The minimum atomic E-state index is -0.908. The van der Waals surface area contributed by atoms with Crippen LogP contribution in [0.15, 0.2) is 22.8 Å². The Labute approximate surface area is 123 Å². The fourth-order valence-corrected chi connectivity index (χ4v) is 2.16. The molecule has 0 saturated heterocycles. The summed E-state index contributed by atoms with van der Waals surface area (Å²) in [6, 6.07) is 3.99. The Hall–Kier alpha value is -2.30. The number of hydrogen-bond acceptors (Lipinski definition) is 3. The maximum absolute atomic E-state index is 12.1. The van der Waals surface area contributed by atoms with E-state index < -0.39 is 5.97 Å². The van der Waals surface area contributed by atoms with Crippen LogP contribution in [0.1, 0.15) is 23.1 Å². The second-order valence-corrected chi connectivity index (χ2v) is 5.33. The van der Waals surface area contributed by atoms with E-state index in [0.717, 1.165) is 27.7 Å². The van der Waals surface area contributed by atoms with E-state index in [0.29, 0.717) is 0 Å². The summed E-state index contributed by atoms with van der Waals surface area (Å²) in [6.07, 6.45) is 1.77. The molecular weight excluding hydrogens is 270 g/mol. The predicted octanol–water partition coefficient (Wildman–Crippen LogP) is 2.53. The number of carbonyl (C=O) groups excluding carboxylic acids is 1. The van der Waals surface area contributed by atoms with Crippen molar-refractivity contribution in [2.75, 3.05) is 13.6 Å². The zero-order valence-corrected chi connectivity index (χ0v) is 12.5. The highest BCUT2D eigenvalue weighted by atomic mass is 16.4. The average Bonchev–Trinajstić information content (AvgIpc) is 2.79. The van der Waals surface area contributed by atoms with Crippen molar-refractivity contribution in [1.29, 1.82) is 0 Å². The lowest BCUT2D eigenvalue weighted by molar-refractivity contribution is -0.138. The number of nitrogens with zero attached hydrogens (tertiary/aromatic N) is 1. The highest BCUT2D eigenvalue weighted by molar-refractivity contribution is 5.88. The second-order valence-electron chi connectivity index (χ2n) is 5.33. The molecule has 0 unspecified atom stereocenters. The van der Waals surface area contributed by atoms with Crippen LogP contribution in [0.25, 0.3) is 11.0 Å². The normalized spacial score (nSPS) is 10.8. The van der Waals surface area contributed by atoms with Gasteiger partial charge in [0.15, 0.2) is 0 Å². The van der Waals surface area contributed by atoms with Gasteiger partial charge >= 0.3 is 5.97 Å². The van der Waals surface area contributed by atoms with Crippen LogP contribution in [0.4, 0.5) is 0 Å². The van der Waals surface area contributed by atoms with Gasteiger partial charge in [0.1, 0.15) is 5.58 Å². The monoisotopic (exact) mass is 289 g/mol. The van der Waals surface area contributed by atoms with E-state index in [1.54, 1.807) is 13.3 Å². The van der Waals surface area contributed by atoms with Gasteiger partial charge in [0.25, 0.3) is 0 Å². The number of likely N-dealkylation sites (N-methyl/N-ethyl adjacent to an activating group) is 1. The highest BCUT2D eigenvalue weighted by Crippen LogP contribution is 2.25. The van der Waals surface area contributed by atoms with E-state index in [1.165, 1.54) is 4.90 Å². The Morgan fingerprint density at radius 1 is 1.24 bits per heavy atom. The van der Waals surface area contributed by atoms with Crippen LogP contribution >= 0.6 is 0 Å². The van der Waals surface area contributed by atoms with E-state index >= 15 is 0 Å². The highest BCUT2D eigenvalue weighted by Gasteiger charge is 2.15. The minimum Gasteiger partial charge on any atom is -0.481 e. The van der Waals surface area contributed by atoms with Gasteiger partial charge in [0, 0.05) is 24.5 Å². The molecule has 0 atom stereocenters. The van der Waals surface area contributed by atoms with E-state index in [-0.39, 0.29) is 25.3 Å². The summed E-state index contributed by atoms with van der Waals surface area (Å²) in [5.41, 5.74) is 3.90. The zero-order valence-electron chi connectivity index (χ0n) is 12.5. The van der Waals surface area contributed by atoms with Gasteiger partial charge < -0.3 is 14.4 Å². The molecule has 0 saturated carbocycles. The summed E-state index contributed by atoms with van der Waals surface area (Å²) in [4.78, 5) is 24.1. The third kappa shape index (κ3) is 3.42. The number of aryl methyl sites for hydroxylation is 2. The second kappa shape index (κ2) is 5.99. The Morgan fingerprint density at radius 3 is 2.57 bits per heavy atom. The Bertz CT molecular complexity index is 687. The lowest BCUT2D eigenvalue weighted by Gasteiger charge is -2.15. The molecule has 1 aromatic heterocycles. The first-order chi connectivity index (χ1) is 9.88. The van der Waals surface area contributed by atoms with E-state index in [4.69, 9.17) is 9.52 Å². The smallest absolute Gasteiger partial charge is 0.305 e. The molecule has 0 fully saturated rings.